The van der Waals surface area contributed by atoms with Gasteiger partial charge in [0.15, 0.2) is 0 Å². The summed E-state index contributed by atoms with van der Waals surface area (Å²) < 4.78 is 0. The third-order valence-electron chi connectivity index (χ3n) is 9.75. The zero-order valence-electron chi connectivity index (χ0n) is 24.5. The second kappa shape index (κ2) is 10.6. The highest BCUT2D eigenvalue weighted by atomic mass is 35.5. The molecule has 2 bridgehead atoms. The van der Waals surface area contributed by atoms with Gasteiger partial charge in [-0.15, -0.1) is 23.2 Å². The number of nitrogens with one attached hydrogen (secondary N) is 1. The first-order chi connectivity index (χ1) is 21.3. The Morgan fingerprint density at radius 2 is 1.14 bits per heavy atom. The molecular formula is C37H32Cl2N2O3. The summed E-state index contributed by atoms with van der Waals surface area (Å²) in [6.07, 6.45) is 1.60. The van der Waals surface area contributed by atoms with E-state index in [1.54, 1.807) is 0 Å². The quantitative estimate of drug-likeness (QED) is 0.179. The minimum atomic E-state index is -1.31. The number of likely N-dealkylation sites (tertiary alicyclic amines) is 1. The van der Waals surface area contributed by atoms with Crippen LogP contribution in [0.1, 0.15) is 52.8 Å². The largest absolute Gasteiger partial charge is 0.324 e. The smallest absolute Gasteiger partial charge is 0.248 e. The molecule has 44 heavy (non-hydrogen) atoms. The zero-order valence-corrected chi connectivity index (χ0v) is 26.0. The second-order valence-corrected chi connectivity index (χ2v) is 13.1. The average Bonchev–Trinajstić information content (AvgIpc) is 3.33. The van der Waals surface area contributed by atoms with E-state index in [9.17, 15) is 14.4 Å². The van der Waals surface area contributed by atoms with Gasteiger partial charge in [-0.1, -0.05) is 111 Å². The number of benzene rings is 4. The first-order valence-corrected chi connectivity index (χ1v) is 15.9. The van der Waals surface area contributed by atoms with Gasteiger partial charge in [0, 0.05) is 12.1 Å². The number of halogens is 2. The fourth-order valence-corrected chi connectivity index (χ4v) is 8.84. The highest BCUT2D eigenvalue weighted by molar-refractivity contribution is 6.36. The van der Waals surface area contributed by atoms with E-state index in [1.165, 1.54) is 4.90 Å². The van der Waals surface area contributed by atoms with Crippen molar-refractivity contribution >= 4 is 46.6 Å². The molecule has 4 aromatic carbocycles. The third-order valence-corrected chi connectivity index (χ3v) is 11.0. The Morgan fingerprint density at radius 3 is 1.57 bits per heavy atom. The number of para-hydroxylation sites is 1. The molecule has 3 atom stereocenters. The molecule has 0 aromatic heterocycles. The van der Waals surface area contributed by atoms with Crippen molar-refractivity contribution in [3.05, 3.63) is 136 Å². The Balaban J connectivity index is 1.37. The third kappa shape index (κ3) is 3.88. The van der Waals surface area contributed by atoms with Gasteiger partial charge in [0.2, 0.25) is 17.7 Å². The molecule has 3 aliphatic carbocycles. The molecule has 8 rings (SSSR count). The van der Waals surface area contributed by atoms with Crippen molar-refractivity contribution in [1.29, 1.82) is 0 Å². The van der Waals surface area contributed by atoms with Gasteiger partial charge in [-0.25, -0.2) is 0 Å². The molecule has 7 heteroatoms. The van der Waals surface area contributed by atoms with Gasteiger partial charge >= 0.3 is 0 Å². The van der Waals surface area contributed by atoms with Gasteiger partial charge in [0.25, 0.3) is 0 Å². The minimum Gasteiger partial charge on any atom is -0.324 e. The maximum Gasteiger partial charge on any atom is 0.248 e. The predicted octanol–water partition coefficient (Wildman–Crippen LogP) is 6.95. The Labute approximate surface area is 267 Å². The maximum atomic E-state index is 14.7. The van der Waals surface area contributed by atoms with Crippen LogP contribution < -0.4 is 5.32 Å². The first kappa shape index (κ1) is 28.8. The number of nitrogens with zero attached hydrogens (tertiary/aromatic N) is 1. The van der Waals surface area contributed by atoms with Crippen molar-refractivity contribution in [1.82, 2.24) is 4.90 Å². The summed E-state index contributed by atoms with van der Waals surface area (Å²) in [6, 6.07) is 29.4. The summed E-state index contributed by atoms with van der Waals surface area (Å²) in [5.74, 6) is -3.31. The second-order valence-electron chi connectivity index (χ2n) is 11.9. The SMILES string of the molecule is CCc1cccc(CC)c1NC(=O)[C@H](Cc1ccccc1)N1C(=O)[C@@H]2[C@@H](C1=O)C1(Cl)c3ccccc3C2(Cl)c2ccccc21. The van der Waals surface area contributed by atoms with E-state index in [4.69, 9.17) is 23.2 Å². The van der Waals surface area contributed by atoms with Crippen molar-refractivity contribution in [2.75, 3.05) is 5.32 Å². The standard InChI is InChI=1S/C37H32Cl2N2O3/c1-3-23-15-12-16-24(4-2)32(23)40-33(42)29(21-22-13-6-5-7-14-22)41-34(43)30-31(35(41)44)37(39)26-18-9-8-17-25(26)36(30,38)27-19-10-11-20-28(27)37/h5-20,29-31H,3-4,21H2,1-2H3,(H,40,42)/t29-,30-,31-,36?,37?/m0/s1. The number of imide groups is 1. The molecule has 0 unspecified atom stereocenters. The van der Waals surface area contributed by atoms with Crippen LogP contribution in [0.25, 0.3) is 0 Å². The minimum absolute atomic E-state index is 0.157. The van der Waals surface area contributed by atoms with Crippen molar-refractivity contribution in [2.24, 2.45) is 11.8 Å². The highest BCUT2D eigenvalue weighted by Gasteiger charge is 2.73. The van der Waals surface area contributed by atoms with Crippen molar-refractivity contribution < 1.29 is 14.4 Å². The Bertz CT molecular complexity index is 1680. The van der Waals surface area contributed by atoms with Gasteiger partial charge in [-0.2, -0.15) is 0 Å². The van der Waals surface area contributed by atoms with Crippen LogP contribution in [0, 0.1) is 11.8 Å². The molecular weight excluding hydrogens is 591 g/mol. The lowest BCUT2D eigenvalue weighted by molar-refractivity contribution is -0.146. The Kier molecular flexibility index (Phi) is 6.95. The monoisotopic (exact) mass is 622 g/mol. The first-order valence-electron chi connectivity index (χ1n) is 15.2. The summed E-state index contributed by atoms with van der Waals surface area (Å²) in [4.78, 5) is 42.4. The molecule has 3 amide bonds. The van der Waals surface area contributed by atoms with E-state index in [0.717, 1.165) is 57.5 Å². The number of hydrogen-bond donors (Lipinski definition) is 1. The van der Waals surface area contributed by atoms with Gasteiger partial charge < -0.3 is 5.32 Å². The van der Waals surface area contributed by atoms with Gasteiger partial charge in [0.1, 0.15) is 15.8 Å². The number of rotatable bonds is 7. The summed E-state index contributed by atoms with van der Waals surface area (Å²) >= 11 is 15.3. The molecule has 0 saturated carbocycles. The van der Waals surface area contributed by atoms with Crippen molar-refractivity contribution in [3.8, 4) is 0 Å². The van der Waals surface area contributed by atoms with E-state index in [-0.39, 0.29) is 6.42 Å². The summed E-state index contributed by atoms with van der Waals surface area (Å²) in [6.45, 7) is 4.07. The Hall–Kier alpha value is -3.93. The molecule has 1 saturated heterocycles. The van der Waals surface area contributed by atoms with Gasteiger partial charge in [-0.3, -0.25) is 19.3 Å². The number of carbonyl (C=O) groups excluding carboxylic acids is 3. The summed E-state index contributed by atoms with van der Waals surface area (Å²) in [5, 5.41) is 3.14. The number of anilines is 1. The van der Waals surface area contributed by atoms with Crippen molar-refractivity contribution in [2.45, 2.75) is 48.9 Å². The topological polar surface area (TPSA) is 66.5 Å². The molecule has 0 radical (unpaired) electrons. The summed E-state index contributed by atoms with van der Waals surface area (Å²) in [7, 11) is 0. The highest BCUT2D eigenvalue weighted by Crippen LogP contribution is 2.69. The van der Waals surface area contributed by atoms with Crippen LogP contribution in [0.3, 0.4) is 0 Å². The van der Waals surface area contributed by atoms with E-state index < -0.39 is 45.3 Å². The molecule has 1 heterocycles. The number of alkyl halides is 2. The van der Waals surface area contributed by atoms with E-state index in [0.29, 0.717) is 0 Å². The molecule has 1 N–H and O–H groups in total. The van der Waals surface area contributed by atoms with Crippen LogP contribution in [-0.2, 0) is 43.4 Å². The Morgan fingerprint density at radius 1 is 0.705 bits per heavy atom. The summed E-state index contributed by atoms with van der Waals surface area (Å²) in [5.41, 5.74) is 6.47. The van der Waals surface area contributed by atoms with Crippen LogP contribution in [-0.4, -0.2) is 28.7 Å². The van der Waals surface area contributed by atoms with E-state index >= 15 is 0 Å². The zero-order chi connectivity index (χ0) is 30.8. The van der Waals surface area contributed by atoms with Crippen molar-refractivity contribution in [3.63, 3.8) is 0 Å². The average molecular weight is 624 g/mol. The fourth-order valence-electron chi connectivity index (χ4n) is 7.74. The van der Waals surface area contributed by atoms with E-state index in [1.807, 2.05) is 111 Å². The lowest BCUT2D eigenvalue weighted by atomic mass is 9.54. The molecule has 222 valence electrons. The van der Waals surface area contributed by atoms with Gasteiger partial charge in [-0.05, 0) is 51.8 Å². The van der Waals surface area contributed by atoms with Crippen LogP contribution >= 0.6 is 23.2 Å². The number of hydrogen-bond acceptors (Lipinski definition) is 3. The normalized spacial score (nSPS) is 25.3. The molecule has 0 spiro atoms. The van der Waals surface area contributed by atoms with E-state index in [2.05, 4.69) is 5.32 Å². The molecule has 1 aliphatic heterocycles. The molecule has 1 fully saturated rings. The fraction of sp³-hybridized carbons (Fsp3) is 0.270. The van der Waals surface area contributed by atoms with Crippen LogP contribution in [0.2, 0.25) is 0 Å². The molecule has 5 nitrogen and oxygen atoms in total. The van der Waals surface area contributed by atoms with Crippen LogP contribution in [0.15, 0.2) is 97.1 Å². The number of amides is 3. The lowest BCUT2D eigenvalue weighted by Crippen LogP contribution is -2.57. The van der Waals surface area contributed by atoms with Gasteiger partial charge in [0.05, 0.1) is 11.8 Å². The number of carbonyl (C=O) groups is 3. The molecule has 4 aliphatic rings. The predicted molar refractivity (Wildman–Crippen MR) is 173 cm³/mol. The number of aryl methyl sites for hydroxylation is 2. The maximum absolute atomic E-state index is 14.7. The van der Waals surface area contributed by atoms with Crippen LogP contribution in [0.4, 0.5) is 5.69 Å². The molecule has 4 aromatic rings. The van der Waals surface area contributed by atoms with Crippen LogP contribution in [0.5, 0.6) is 0 Å². The lowest BCUT2D eigenvalue weighted by Gasteiger charge is -2.54.